The largest absolute Gasteiger partial charge is 0.487 e. The Labute approximate surface area is 195 Å². The first-order valence-corrected chi connectivity index (χ1v) is 11.1. The maximum Gasteiger partial charge on any atom is 0.253 e. The molecule has 1 heterocycles. The van der Waals surface area contributed by atoms with Crippen LogP contribution in [0.25, 0.3) is 6.08 Å². The summed E-state index contributed by atoms with van der Waals surface area (Å²) >= 11 is 1.58. The molecule has 0 aliphatic carbocycles. The van der Waals surface area contributed by atoms with Crippen molar-refractivity contribution in [3.63, 3.8) is 0 Å². The Bertz CT molecular complexity index is 1160. The van der Waals surface area contributed by atoms with Crippen LogP contribution in [0, 0.1) is 6.92 Å². The maximum absolute atomic E-state index is 12.4. The van der Waals surface area contributed by atoms with E-state index in [1.807, 2.05) is 36.6 Å². The number of aromatic nitrogens is 1. The summed E-state index contributed by atoms with van der Waals surface area (Å²) in [6, 6.07) is 13.9. The van der Waals surface area contributed by atoms with E-state index >= 15 is 0 Å². The van der Waals surface area contributed by atoms with Gasteiger partial charge in [0.2, 0.25) is 11.8 Å². The Hall–Kier alpha value is -3.98. The van der Waals surface area contributed by atoms with Crippen molar-refractivity contribution in [3.05, 3.63) is 81.8 Å². The molecule has 33 heavy (non-hydrogen) atoms. The predicted molar refractivity (Wildman–Crippen MR) is 128 cm³/mol. The van der Waals surface area contributed by atoms with Gasteiger partial charge in [0.1, 0.15) is 12.4 Å². The van der Waals surface area contributed by atoms with Crippen LogP contribution in [0.1, 0.15) is 33.0 Å². The molecule has 8 nitrogen and oxygen atoms in total. The summed E-state index contributed by atoms with van der Waals surface area (Å²) in [4.78, 5) is 39.9. The molecule has 0 fully saturated rings. The molecular formula is C24H24N4O4S. The Morgan fingerprint density at radius 1 is 1.12 bits per heavy atom. The van der Waals surface area contributed by atoms with Gasteiger partial charge in [-0.1, -0.05) is 24.3 Å². The van der Waals surface area contributed by atoms with Crippen molar-refractivity contribution in [2.45, 2.75) is 20.0 Å². The molecule has 0 aliphatic rings. The molecule has 0 radical (unpaired) electrons. The van der Waals surface area contributed by atoms with Crippen molar-refractivity contribution in [2.75, 3.05) is 11.9 Å². The minimum absolute atomic E-state index is 0.0391. The van der Waals surface area contributed by atoms with Gasteiger partial charge in [-0.25, -0.2) is 4.98 Å². The fourth-order valence-corrected chi connectivity index (χ4v) is 3.44. The molecule has 3 rings (SSSR count). The van der Waals surface area contributed by atoms with E-state index in [1.165, 1.54) is 6.08 Å². The summed E-state index contributed by atoms with van der Waals surface area (Å²) < 4.78 is 5.72. The SMILES string of the molecule is Cc1nc(COc2ccc(/C=C/C(=O)Nc3ccccc3C(=O)NCCC(N)=O)cc2)cs1. The Morgan fingerprint density at radius 2 is 1.88 bits per heavy atom. The number of nitrogens with two attached hydrogens (primary N) is 1. The number of hydrogen-bond donors (Lipinski definition) is 3. The number of primary amides is 1. The second-order valence-corrected chi connectivity index (χ2v) is 8.12. The second-order valence-electron chi connectivity index (χ2n) is 7.06. The van der Waals surface area contributed by atoms with Crippen LogP contribution in [-0.2, 0) is 16.2 Å². The van der Waals surface area contributed by atoms with Gasteiger partial charge < -0.3 is 21.1 Å². The molecule has 1 aromatic heterocycles. The number of anilines is 1. The fourth-order valence-electron chi connectivity index (χ4n) is 2.84. The standard InChI is InChI=1S/C24H24N4O4S/c1-16-27-18(15-33-16)14-32-19-9-6-17(7-10-19)8-11-23(30)28-21-5-3-2-4-20(21)24(31)26-13-12-22(25)29/h2-11,15H,12-14H2,1H3,(H2,25,29)(H,26,31)(H,28,30)/b11-8+. The van der Waals surface area contributed by atoms with Gasteiger partial charge in [-0.3, -0.25) is 14.4 Å². The number of aryl methyl sites for hydroxylation is 1. The van der Waals surface area contributed by atoms with Gasteiger partial charge in [0.15, 0.2) is 0 Å². The third kappa shape index (κ3) is 7.58. The summed E-state index contributed by atoms with van der Waals surface area (Å²) in [5.41, 5.74) is 7.44. The Balaban J connectivity index is 1.54. The highest BCUT2D eigenvalue weighted by molar-refractivity contribution is 7.09. The van der Waals surface area contributed by atoms with Gasteiger partial charge in [0, 0.05) is 24.4 Å². The van der Waals surface area contributed by atoms with Gasteiger partial charge in [0.25, 0.3) is 5.91 Å². The topological polar surface area (TPSA) is 123 Å². The average molecular weight is 465 g/mol. The maximum atomic E-state index is 12.4. The number of carbonyl (C=O) groups excluding carboxylic acids is 3. The highest BCUT2D eigenvalue weighted by Gasteiger charge is 2.12. The van der Waals surface area contributed by atoms with Gasteiger partial charge in [-0.2, -0.15) is 0 Å². The van der Waals surface area contributed by atoms with E-state index in [0.717, 1.165) is 16.3 Å². The fraction of sp³-hybridized carbons (Fsp3) is 0.167. The van der Waals surface area contributed by atoms with E-state index in [4.69, 9.17) is 10.5 Å². The van der Waals surface area contributed by atoms with Gasteiger partial charge in [-0.15, -0.1) is 11.3 Å². The lowest BCUT2D eigenvalue weighted by molar-refractivity contribution is -0.118. The second kappa shape index (κ2) is 11.6. The van der Waals surface area contributed by atoms with Crippen LogP contribution in [-0.4, -0.2) is 29.3 Å². The highest BCUT2D eigenvalue weighted by Crippen LogP contribution is 2.17. The molecule has 170 valence electrons. The van der Waals surface area contributed by atoms with Crippen LogP contribution in [0.4, 0.5) is 5.69 Å². The van der Waals surface area contributed by atoms with E-state index in [-0.39, 0.29) is 18.9 Å². The molecule has 2 aromatic carbocycles. The van der Waals surface area contributed by atoms with E-state index in [2.05, 4.69) is 15.6 Å². The number of nitrogens with zero attached hydrogens (tertiary/aromatic N) is 1. The number of nitrogens with one attached hydrogen (secondary N) is 2. The normalized spacial score (nSPS) is 10.7. The average Bonchev–Trinajstić information content (AvgIpc) is 3.22. The van der Waals surface area contributed by atoms with Gasteiger partial charge in [-0.05, 0) is 42.8 Å². The van der Waals surface area contributed by atoms with Crippen molar-refractivity contribution in [1.82, 2.24) is 10.3 Å². The highest BCUT2D eigenvalue weighted by atomic mass is 32.1. The first-order chi connectivity index (χ1) is 15.9. The number of benzene rings is 2. The number of carbonyl (C=O) groups is 3. The lowest BCUT2D eigenvalue weighted by atomic mass is 10.1. The van der Waals surface area contributed by atoms with Crippen molar-refractivity contribution in [3.8, 4) is 5.75 Å². The Kier molecular flexibility index (Phi) is 8.31. The van der Waals surface area contributed by atoms with Crippen molar-refractivity contribution < 1.29 is 19.1 Å². The minimum Gasteiger partial charge on any atom is -0.487 e. The van der Waals surface area contributed by atoms with Gasteiger partial charge in [0.05, 0.1) is 22.0 Å². The molecule has 9 heteroatoms. The molecule has 0 bridgehead atoms. The third-order valence-electron chi connectivity index (χ3n) is 4.45. The third-order valence-corrected chi connectivity index (χ3v) is 5.27. The molecule has 0 spiro atoms. The predicted octanol–water partition coefficient (Wildman–Crippen LogP) is 3.29. The summed E-state index contributed by atoms with van der Waals surface area (Å²) in [6.07, 6.45) is 3.09. The number of rotatable bonds is 10. The molecular weight excluding hydrogens is 440 g/mol. The molecule has 3 amide bonds. The summed E-state index contributed by atoms with van der Waals surface area (Å²) in [6.45, 7) is 2.47. The number of para-hydroxylation sites is 1. The molecule has 0 atom stereocenters. The molecule has 0 unspecified atom stereocenters. The van der Waals surface area contributed by atoms with Crippen LogP contribution in [0.15, 0.2) is 60.0 Å². The molecule has 3 aromatic rings. The number of hydrogen-bond acceptors (Lipinski definition) is 6. The van der Waals surface area contributed by atoms with Crippen LogP contribution >= 0.6 is 11.3 Å². The first-order valence-electron chi connectivity index (χ1n) is 10.2. The van der Waals surface area contributed by atoms with E-state index in [9.17, 15) is 14.4 Å². The summed E-state index contributed by atoms with van der Waals surface area (Å²) in [5.74, 6) is -0.583. The molecule has 4 N–H and O–H groups in total. The zero-order chi connectivity index (χ0) is 23.6. The number of ether oxygens (including phenoxy) is 1. The smallest absolute Gasteiger partial charge is 0.253 e. The van der Waals surface area contributed by atoms with Crippen molar-refractivity contribution in [2.24, 2.45) is 5.73 Å². The van der Waals surface area contributed by atoms with Crippen LogP contribution < -0.4 is 21.1 Å². The van der Waals surface area contributed by atoms with Crippen molar-refractivity contribution >= 4 is 40.8 Å². The summed E-state index contributed by atoms with van der Waals surface area (Å²) in [5, 5.41) is 8.27. The van der Waals surface area contributed by atoms with Gasteiger partial charge >= 0.3 is 0 Å². The molecule has 0 aliphatic heterocycles. The number of amides is 3. The van der Waals surface area contributed by atoms with Crippen LogP contribution in [0.2, 0.25) is 0 Å². The Morgan fingerprint density at radius 3 is 2.58 bits per heavy atom. The van der Waals surface area contributed by atoms with Crippen molar-refractivity contribution in [1.29, 1.82) is 0 Å². The molecule has 0 saturated heterocycles. The zero-order valence-electron chi connectivity index (χ0n) is 18.0. The quantitative estimate of drug-likeness (QED) is 0.397. The summed E-state index contributed by atoms with van der Waals surface area (Å²) in [7, 11) is 0. The van der Waals surface area contributed by atoms with Crippen LogP contribution in [0.5, 0.6) is 5.75 Å². The lowest BCUT2D eigenvalue weighted by Crippen LogP contribution is -2.28. The van der Waals surface area contributed by atoms with E-state index in [1.54, 1.807) is 41.7 Å². The minimum atomic E-state index is -0.504. The monoisotopic (exact) mass is 464 g/mol. The number of thiazole rings is 1. The zero-order valence-corrected chi connectivity index (χ0v) is 18.9. The van der Waals surface area contributed by atoms with E-state index in [0.29, 0.717) is 23.6 Å². The first kappa shape index (κ1) is 23.7. The van der Waals surface area contributed by atoms with Crippen LogP contribution in [0.3, 0.4) is 0 Å². The lowest BCUT2D eigenvalue weighted by Gasteiger charge is -2.10. The molecule has 0 saturated carbocycles. The van der Waals surface area contributed by atoms with E-state index < -0.39 is 11.8 Å².